The lowest BCUT2D eigenvalue weighted by molar-refractivity contribution is -0.159. The second kappa shape index (κ2) is 9.70. The van der Waals surface area contributed by atoms with Crippen molar-refractivity contribution >= 4 is 56.8 Å². The minimum absolute atomic E-state index is 0.00483. The molecule has 1 heterocycles. The molecule has 0 spiro atoms. The first-order valence-electron chi connectivity index (χ1n) is 10.2. The molecule has 2 aromatic rings. The van der Waals surface area contributed by atoms with Crippen LogP contribution in [-0.2, 0) is 24.6 Å². The van der Waals surface area contributed by atoms with Crippen molar-refractivity contribution in [3.63, 3.8) is 0 Å². The van der Waals surface area contributed by atoms with Gasteiger partial charge in [0, 0.05) is 26.8 Å². The molecule has 33 heavy (non-hydrogen) atoms. The third-order valence-corrected chi connectivity index (χ3v) is 6.17. The number of hydrogen-bond donors (Lipinski definition) is 2. The number of esters is 2. The average molecular weight is 540 g/mol. The third kappa shape index (κ3) is 4.20. The summed E-state index contributed by atoms with van der Waals surface area (Å²) in [4.78, 5) is 40.7. The van der Waals surface area contributed by atoms with Gasteiger partial charge in [-0.25, -0.2) is 9.59 Å². The number of nitrogens with zero attached hydrogens (tertiary/aromatic N) is 1. The van der Waals surface area contributed by atoms with E-state index in [4.69, 9.17) is 21.1 Å². The van der Waals surface area contributed by atoms with E-state index in [-0.39, 0.29) is 34.5 Å². The van der Waals surface area contributed by atoms with Crippen LogP contribution in [0.3, 0.4) is 0 Å². The van der Waals surface area contributed by atoms with Gasteiger partial charge in [-0.05, 0) is 51.1 Å². The average Bonchev–Trinajstić information content (AvgIpc) is 3.03. The lowest BCUT2D eigenvalue weighted by Crippen LogP contribution is -2.58. The number of methoxy groups -OCH3 is 1. The van der Waals surface area contributed by atoms with Gasteiger partial charge in [-0.3, -0.25) is 4.79 Å². The Labute approximate surface area is 204 Å². The van der Waals surface area contributed by atoms with E-state index in [1.54, 1.807) is 45.0 Å². The van der Waals surface area contributed by atoms with Crippen molar-refractivity contribution in [1.82, 2.24) is 0 Å². The first-order chi connectivity index (χ1) is 15.6. The smallest absolute Gasteiger partial charge is 0.340 e. The Hall–Kier alpha value is -2.62. The van der Waals surface area contributed by atoms with Gasteiger partial charge >= 0.3 is 11.9 Å². The molecule has 1 aliphatic rings. The number of halogens is 2. The van der Waals surface area contributed by atoms with Gasteiger partial charge < -0.3 is 24.8 Å². The van der Waals surface area contributed by atoms with Crippen molar-refractivity contribution in [1.29, 1.82) is 0 Å². The normalized spacial score (nSPS) is 18.2. The SMILES string of the molecule is CCOC(=O)[C@@H](O)[C@]1(Nc2ccc(Br)cc2C(=O)OC)C(=O)N(C(C)C)c2cccc(Cl)c21. The zero-order valence-electron chi connectivity index (χ0n) is 18.5. The molecule has 2 atom stereocenters. The van der Waals surface area contributed by atoms with Gasteiger partial charge in [0.1, 0.15) is 0 Å². The number of amides is 1. The molecule has 0 bridgehead atoms. The molecule has 10 heteroatoms. The molecule has 0 aliphatic carbocycles. The number of nitrogens with one attached hydrogen (secondary N) is 1. The molecular weight excluding hydrogens is 516 g/mol. The minimum Gasteiger partial charge on any atom is -0.465 e. The predicted molar refractivity (Wildman–Crippen MR) is 127 cm³/mol. The summed E-state index contributed by atoms with van der Waals surface area (Å²) in [5.74, 6) is -2.29. The summed E-state index contributed by atoms with van der Waals surface area (Å²) in [6.07, 6.45) is -1.97. The van der Waals surface area contributed by atoms with Crippen LogP contribution in [0.2, 0.25) is 5.02 Å². The van der Waals surface area contributed by atoms with Gasteiger partial charge in [-0.15, -0.1) is 0 Å². The highest BCUT2D eigenvalue weighted by Gasteiger charge is 2.60. The van der Waals surface area contributed by atoms with Crippen LogP contribution in [-0.4, -0.2) is 48.8 Å². The predicted octanol–water partition coefficient (Wildman–Crippen LogP) is 3.88. The van der Waals surface area contributed by atoms with E-state index in [2.05, 4.69) is 21.2 Å². The maximum atomic E-state index is 14.0. The fourth-order valence-electron chi connectivity index (χ4n) is 3.98. The molecule has 0 radical (unpaired) electrons. The molecule has 1 aliphatic heterocycles. The van der Waals surface area contributed by atoms with Gasteiger partial charge in [-0.1, -0.05) is 33.6 Å². The number of carbonyl (C=O) groups is 3. The number of benzene rings is 2. The van der Waals surface area contributed by atoms with Gasteiger partial charge in [0.15, 0.2) is 11.6 Å². The molecule has 0 unspecified atom stereocenters. The molecule has 2 N–H and O–H groups in total. The summed E-state index contributed by atoms with van der Waals surface area (Å²) in [6.45, 7) is 5.19. The summed E-state index contributed by atoms with van der Waals surface area (Å²) in [5.41, 5.74) is -1.15. The Kier molecular flexibility index (Phi) is 7.36. The monoisotopic (exact) mass is 538 g/mol. The molecule has 176 valence electrons. The van der Waals surface area contributed by atoms with Crippen molar-refractivity contribution < 1.29 is 29.0 Å². The highest BCUT2D eigenvalue weighted by molar-refractivity contribution is 9.10. The summed E-state index contributed by atoms with van der Waals surface area (Å²) in [5, 5.41) is 14.4. The summed E-state index contributed by atoms with van der Waals surface area (Å²) in [6, 6.07) is 9.29. The Bertz CT molecular complexity index is 1110. The lowest BCUT2D eigenvalue weighted by atomic mass is 9.84. The van der Waals surface area contributed by atoms with Crippen molar-refractivity contribution in [2.45, 2.75) is 38.5 Å². The molecule has 8 nitrogen and oxygen atoms in total. The maximum Gasteiger partial charge on any atom is 0.340 e. The third-order valence-electron chi connectivity index (χ3n) is 5.36. The van der Waals surface area contributed by atoms with E-state index in [9.17, 15) is 19.5 Å². The second-order valence-electron chi connectivity index (χ2n) is 7.67. The molecule has 0 saturated heterocycles. The standard InChI is InChI=1S/C23H24BrClN2O6/c1-5-33-21(30)19(28)23(26-16-10-9-13(24)11-14(16)20(29)32-4)18-15(25)7-6-8-17(18)27(12(2)3)22(23)31/h6-12,19,26,28H,5H2,1-4H3/t19-,23+/m1/s1. The minimum atomic E-state index is -2.05. The number of aliphatic hydroxyl groups is 1. The van der Waals surface area contributed by atoms with Crippen LogP contribution >= 0.6 is 27.5 Å². The maximum absolute atomic E-state index is 14.0. The number of carbonyl (C=O) groups excluding carboxylic acids is 3. The van der Waals surface area contributed by atoms with E-state index in [0.717, 1.165) is 0 Å². The van der Waals surface area contributed by atoms with Gasteiger partial charge in [0.05, 0.1) is 25.0 Å². The van der Waals surface area contributed by atoms with Gasteiger partial charge in [-0.2, -0.15) is 0 Å². The van der Waals surface area contributed by atoms with Crippen molar-refractivity contribution in [2.24, 2.45) is 0 Å². The number of ether oxygens (including phenoxy) is 2. The topological polar surface area (TPSA) is 105 Å². The quantitative estimate of drug-likeness (QED) is 0.515. The molecule has 1 amide bonds. The van der Waals surface area contributed by atoms with Crippen LogP contribution in [0.5, 0.6) is 0 Å². The Morgan fingerprint density at radius 3 is 2.58 bits per heavy atom. The highest BCUT2D eigenvalue weighted by atomic mass is 79.9. The van der Waals surface area contributed by atoms with Crippen LogP contribution in [0.1, 0.15) is 36.7 Å². The molecular formula is C23H24BrClN2O6. The fraction of sp³-hybridized carbons (Fsp3) is 0.348. The highest BCUT2D eigenvalue weighted by Crippen LogP contribution is 2.49. The number of fused-ring (bicyclic) bond motifs is 1. The lowest BCUT2D eigenvalue weighted by Gasteiger charge is -2.35. The first-order valence-corrected chi connectivity index (χ1v) is 11.4. The Morgan fingerprint density at radius 2 is 1.97 bits per heavy atom. The number of anilines is 2. The van der Waals surface area contributed by atoms with Crippen molar-refractivity contribution in [3.8, 4) is 0 Å². The van der Waals surface area contributed by atoms with Gasteiger partial charge in [0.25, 0.3) is 5.91 Å². The van der Waals surface area contributed by atoms with Crippen LogP contribution < -0.4 is 10.2 Å². The van der Waals surface area contributed by atoms with E-state index < -0.39 is 29.5 Å². The van der Waals surface area contributed by atoms with Crippen molar-refractivity contribution in [3.05, 3.63) is 57.0 Å². The van der Waals surface area contributed by atoms with Crippen LogP contribution in [0, 0.1) is 0 Å². The molecule has 2 aromatic carbocycles. The fourth-order valence-corrected chi connectivity index (χ4v) is 4.66. The van der Waals surface area contributed by atoms with E-state index in [1.807, 2.05) is 0 Å². The van der Waals surface area contributed by atoms with E-state index >= 15 is 0 Å². The molecule has 3 rings (SSSR count). The summed E-state index contributed by atoms with van der Waals surface area (Å²) < 4.78 is 10.5. The zero-order valence-corrected chi connectivity index (χ0v) is 20.9. The number of rotatable bonds is 7. The molecule has 0 fully saturated rings. The Morgan fingerprint density at radius 1 is 1.27 bits per heavy atom. The van der Waals surface area contributed by atoms with Gasteiger partial charge in [0.2, 0.25) is 0 Å². The van der Waals surface area contributed by atoms with Crippen LogP contribution in [0.25, 0.3) is 0 Å². The summed E-state index contributed by atoms with van der Waals surface area (Å²) in [7, 11) is 1.23. The van der Waals surface area contributed by atoms with E-state index in [0.29, 0.717) is 10.2 Å². The van der Waals surface area contributed by atoms with E-state index in [1.165, 1.54) is 24.1 Å². The molecule has 0 saturated carbocycles. The molecule has 0 aromatic heterocycles. The number of hydrogen-bond acceptors (Lipinski definition) is 7. The van der Waals surface area contributed by atoms with Crippen molar-refractivity contribution in [2.75, 3.05) is 23.9 Å². The Balaban J connectivity index is 2.33. The van der Waals surface area contributed by atoms with Crippen LogP contribution in [0.4, 0.5) is 11.4 Å². The second-order valence-corrected chi connectivity index (χ2v) is 8.99. The number of aliphatic hydroxyl groups excluding tert-OH is 1. The largest absolute Gasteiger partial charge is 0.465 e. The zero-order chi connectivity index (χ0) is 24.5. The van der Waals surface area contributed by atoms with Crippen LogP contribution in [0.15, 0.2) is 40.9 Å². The summed E-state index contributed by atoms with van der Waals surface area (Å²) >= 11 is 9.87. The first kappa shape index (κ1) is 25.0.